The number of ether oxygens (including phenoxy) is 1. The lowest BCUT2D eigenvalue weighted by Crippen LogP contribution is -2.41. The van der Waals surface area contributed by atoms with Crippen LogP contribution >= 0.6 is 11.3 Å². The molecule has 1 aromatic heterocycles. The number of nitrogens with zero attached hydrogens (tertiary/aromatic N) is 2. The quantitative estimate of drug-likeness (QED) is 0.636. The molecule has 0 radical (unpaired) electrons. The summed E-state index contributed by atoms with van der Waals surface area (Å²) in [5, 5.41) is 1.04. The summed E-state index contributed by atoms with van der Waals surface area (Å²) < 4.78 is 6.97. The number of likely N-dealkylation sites (tertiary alicyclic amines) is 1. The number of aromatic nitrogens is 1. The summed E-state index contributed by atoms with van der Waals surface area (Å²) in [5.74, 6) is 0.789. The molecule has 0 aliphatic carbocycles. The third-order valence-electron chi connectivity index (χ3n) is 5.26. The highest BCUT2D eigenvalue weighted by Crippen LogP contribution is 2.35. The second-order valence-electron chi connectivity index (χ2n) is 7.15. The van der Waals surface area contributed by atoms with E-state index >= 15 is 0 Å². The average Bonchev–Trinajstić information content (AvgIpc) is 3.13. The number of thiazole rings is 1. The molecule has 0 saturated carbocycles. The first-order valence-electron chi connectivity index (χ1n) is 9.47. The Hall–Kier alpha value is -2.40. The number of hydrogen-bond donors (Lipinski definition) is 0. The van der Waals surface area contributed by atoms with E-state index in [-0.39, 0.29) is 18.6 Å². The molecule has 1 saturated heterocycles. The van der Waals surface area contributed by atoms with E-state index in [1.165, 1.54) is 15.8 Å². The minimum Gasteiger partial charge on any atom is -0.484 e. The predicted molar refractivity (Wildman–Crippen MR) is 109 cm³/mol. The number of rotatable bonds is 4. The largest absolute Gasteiger partial charge is 0.484 e. The van der Waals surface area contributed by atoms with E-state index in [4.69, 9.17) is 9.72 Å². The minimum absolute atomic E-state index is 0.0391. The fourth-order valence-electron chi connectivity index (χ4n) is 3.55. The molecule has 0 spiro atoms. The van der Waals surface area contributed by atoms with Gasteiger partial charge in [0.05, 0.1) is 16.3 Å². The topological polar surface area (TPSA) is 42.4 Å². The summed E-state index contributed by atoms with van der Waals surface area (Å²) in [5.41, 5.74) is 3.41. The summed E-state index contributed by atoms with van der Waals surface area (Å²) in [7, 11) is 0. The molecule has 140 valence electrons. The van der Waals surface area contributed by atoms with Crippen LogP contribution in [0.4, 0.5) is 0 Å². The van der Waals surface area contributed by atoms with E-state index in [9.17, 15) is 4.79 Å². The van der Waals surface area contributed by atoms with Crippen molar-refractivity contribution in [2.24, 2.45) is 0 Å². The fraction of sp³-hybridized carbons (Fsp3) is 0.364. The van der Waals surface area contributed by atoms with Crippen molar-refractivity contribution < 1.29 is 9.53 Å². The van der Waals surface area contributed by atoms with Gasteiger partial charge < -0.3 is 9.64 Å². The van der Waals surface area contributed by atoms with Crippen molar-refractivity contribution in [1.82, 2.24) is 9.88 Å². The van der Waals surface area contributed by atoms with Gasteiger partial charge in [-0.05, 0) is 68.5 Å². The molecule has 1 aliphatic heterocycles. The van der Waals surface area contributed by atoms with Crippen molar-refractivity contribution in [3.8, 4) is 5.75 Å². The van der Waals surface area contributed by atoms with E-state index in [2.05, 4.69) is 19.9 Å². The van der Waals surface area contributed by atoms with Crippen molar-refractivity contribution in [2.45, 2.75) is 39.2 Å². The van der Waals surface area contributed by atoms with Crippen molar-refractivity contribution in [2.75, 3.05) is 13.2 Å². The van der Waals surface area contributed by atoms with Gasteiger partial charge in [-0.25, -0.2) is 4.98 Å². The van der Waals surface area contributed by atoms with E-state index in [0.29, 0.717) is 0 Å². The minimum atomic E-state index is 0.0391. The van der Waals surface area contributed by atoms with Gasteiger partial charge in [-0.1, -0.05) is 18.2 Å². The molecule has 5 heteroatoms. The molecule has 1 amide bonds. The zero-order valence-electron chi connectivity index (χ0n) is 15.8. The Morgan fingerprint density at radius 3 is 2.85 bits per heavy atom. The second kappa shape index (κ2) is 7.69. The number of para-hydroxylation sites is 1. The van der Waals surface area contributed by atoms with E-state index in [1.807, 2.05) is 41.3 Å². The number of fused-ring (bicyclic) bond motifs is 1. The molecule has 1 aliphatic rings. The molecular weight excluding hydrogens is 356 g/mol. The summed E-state index contributed by atoms with van der Waals surface area (Å²) in [6.07, 6.45) is 3.13. The van der Waals surface area contributed by atoms with Gasteiger partial charge >= 0.3 is 0 Å². The van der Waals surface area contributed by atoms with Gasteiger partial charge in [0.1, 0.15) is 10.8 Å². The van der Waals surface area contributed by atoms with Crippen molar-refractivity contribution in [3.63, 3.8) is 0 Å². The average molecular weight is 381 g/mol. The van der Waals surface area contributed by atoms with E-state index in [0.717, 1.165) is 42.1 Å². The van der Waals surface area contributed by atoms with Crippen LogP contribution in [0.5, 0.6) is 5.75 Å². The maximum Gasteiger partial charge on any atom is 0.261 e. The van der Waals surface area contributed by atoms with Crippen molar-refractivity contribution >= 4 is 27.5 Å². The number of hydrogen-bond acceptors (Lipinski definition) is 4. The first-order chi connectivity index (χ1) is 13.1. The molecule has 0 bridgehead atoms. The maximum atomic E-state index is 12.9. The molecule has 1 atom stereocenters. The van der Waals surface area contributed by atoms with Gasteiger partial charge in [0.15, 0.2) is 6.61 Å². The Bertz CT molecular complexity index is 933. The summed E-state index contributed by atoms with van der Waals surface area (Å²) in [6.45, 7) is 4.97. The smallest absolute Gasteiger partial charge is 0.261 e. The molecular formula is C22H24N2O2S. The van der Waals surface area contributed by atoms with Gasteiger partial charge in [0.25, 0.3) is 5.91 Å². The van der Waals surface area contributed by atoms with Crippen LogP contribution in [0.2, 0.25) is 0 Å². The first-order valence-corrected chi connectivity index (χ1v) is 10.3. The molecule has 1 fully saturated rings. The molecule has 4 rings (SSSR count). The van der Waals surface area contributed by atoms with Gasteiger partial charge in [0, 0.05) is 6.54 Å². The van der Waals surface area contributed by atoms with Gasteiger partial charge in [-0.2, -0.15) is 0 Å². The number of aryl methyl sites for hydroxylation is 2. The number of amides is 1. The highest BCUT2D eigenvalue weighted by Gasteiger charge is 2.30. The number of benzene rings is 2. The second-order valence-corrected chi connectivity index (χ2v) is 8.22. The van der Waals surface area contributed by atoms with Crippen LogP contribution in [0.3, 0.4) is 0 Å². The van der Waals surface area contributed by atoms with Gasteiger partial charge in [-0.3, -0.25) is 4.79 Å². The Morgan fingerprint density at radius 2 is 2.04 bits per heavy atom. The number of carbonyl (C=O) groups is 1. The Morgan fingerprint density at radius 1 is 1.19 bits per heavy atom. The standard InChI is InChI=1S/C22H24N2O2S/c1-15-10-11-17(13-16(15)2)26-14-21(25)24-12-6-5-8-19(24)22-23-18-7-3-4-9-20(18)27-22/h3-4,7,9-11,13,19H,5-6,8,12,14H2,1-2H3. The lowest BCUT2D eigenvalue weighted by Gasteiger charge is -2.34. The lowest BCUT2D eigenvalue weighted by molar-refractivity contribution is -0.137. The highest BCUT2D eigenvalue weighted by molar-refractivity contribution is 7.18. The van der Waals surface area contributed by atoms with Gasteiger partial charge in [-0.15, -0.1) is 11.3 Å². The zero-order chi connectivity index (χ0) is 18.8. The molecule has 27 heavy (non-hydrogen) atoms. The predicted octanol–water partition coefficient (Wildman–Crippen LogP) is 5.05. The van der Waals surface area contributed by atoms with Crippen molar-refractivity contribution in [3.05, 3.63) is 58.6 Å². The van der Waals surface area contributed by atoms with Crippen LogP contribution in [0.1, 0.15) is 41.4 Å². The van der Waals surface area contributed by atoms with Crippen LogP contribution < -0.4 is 4.74 Å². The highest BCUT2D eigenvalue weighted by atomic mass is 32.1. The van der Waals surface area contributed by atoms with Crippen LogP contribution in [0, 0.1) is 13.8 Å². The van der Waals surface area contributed by atoms with Crippen LogP contribution in [0.25, 0.3) is 10.2 Å². The SMILES string of the molecule is Cc1ccc(OCC(=O)N2CCCCC2c2nc3ccccc3s2)cc1C. The zero-order valence-corrected chi connectivity index (χ0v) is 16.6. The fourth-order valence-corrected chi connectivity index (χ4v) is 4.67. The molecule has 2 aromatic carbocycles. The maximum absolute atomic E-state index is 12.9. The number of carbonyl (C=O) groups excluding carboxylic acids is 1. The summed E-state index contributed by atoms with van der Waals surface area (Å²) >= 11 is 1.70. The normalized spacial score (nSPS) is 17.3. The Kier molecular flexibility index (Phi) is 5.12. The molecule has 0 N–H and O–H groups in total. The Balaban J connectivity index is 1.49. The first kappa shape index (κ1) is 18.0. The summed E-state index contributed by atoms with van der Waals surface area (Å²) in [4.78, 5) is 19.7. The molecule has 4 nitrogen and oxygen atoms in total. The third-order valence-corrected chi connectivity index (χ3v) is 6.40. The van der Waals surface area contributed by atoms with Crippen LogP contribution in [-0.2, 0) is 4.79 Å². The summed E-state index contributed by atoms with van der Waals surface area (Å²) in [6, 6.07) is 14.2. The number of piperidine rings is 1. The monoisotopic (exact) mass is 380 g/mol. The van der Waals surface area contributed by atoms with Crippen LogP contribution in [-0.4, -0.2) is 28.9 Å². The van der Waals surface area contributed by atoms with E-state index < -0.39 is 0 Å². The molecule has 3 aromatic rings. The molecule has 1 unspecified atom stereocenters. The van der Waals surface area contributed by atoms with Gasteiger partial charge in [0.2, 0.25) is 0 Å². The van der Waals surface area contributed by atoms with Crippen LogP contribution in [0.15, 0.2) is 42.5 Å². The van der Waals surface area contributed by atoms with E-state index in [1.54, 1.807) is 11.3 Å². The third kappa shape index (κ3) is 3.83. The Labute approximate surface area is 163 Å². The van der Waals surface area contributed by atoms with Crippen molar-refractivity contribution in [1.29, 1.82) is 0 Å². The molecule has 2 heterocycles. The lowest BCUT2D eigenvalue weighted by atomic mass is 10.0.